The van der Waals surface area contributed by atoms with E-state index in [0.29, 0.717) is 0 Å². The van der Waals surface area contributed by atoms with Gasteiger partial charge >= 0.3 is 0 Å². The summed E-state index contributed by atoms with van der Waals surface area (Å²) >= 11 is 0. The molecule has 0 radical (unpaired) electrons. The fourth-order valence-electron chi connectivity index (χ4n) is 2.34. The lowest BCUT2D eigenvalue weighted by Gasteiger charge is -2.22. The molecule has 0 heterocycles. The van der Waals surface area contributed by atoms with Crippen molar-refractivity contribution in [2.24, 2.45) is 0 Å². The molecule has 0 bridgehead atoms. The van der Waals surface area contributed by atoms with Crippen molar-refractivity contribution in [3.63, 3.8) is 0 Å². The molecule has 1 aliphatic carbocycles. The number of nitrogens with zero attached hydrogens (tertiary/aromatic N) is 1. The zero-order chi connectivity index (χ0) is 11.4. The predicted molar refractivity (Wildman–Crippen MR) is 75.6 cm³/mol. The van der Waals surface area contributed by atoms with Crippen molar-refractivity contribution in [1.29, 1.82) is 0 Å². The van der Waals surface area contributed by atoms with Gasteiger partial charge in [-0.15, -0.1) is 0 Å². The van der Waals surface area contributed by atoms with E-state index in [4.69, 9.17) is 0 Å². The van der Waals surface area contributed by atoms with Gasteiger partial charge in [0.05, 0.1) is 0 Å². The molecule has 16 heavy (non-hydrogen) atoms. The van der Waals surface area contributed by atoms with Gasteiger partial charge in [0.1, 0.15) is 0 Å². The Morgan fingerprint density at radius 1 is 1.00 bits per heavy atom. The third kappa shape index (κ3) is 3.22. The van der Waals surface area contributed by atoms with Crippen LogP contribution >= 0.6 is 8.58 Å². The molecule has 1 aliphatic rings. The van der Waals surface area contributed by atoms with Crippen molar-refractivity contribution in [2.75, 3.05) is 19.0 Å². The van der Waals surface area contributed by atoms with Gasteiger partial charge in [0.2, 0.25) is 0 Å². The maximum atomic E-state index is 2.31. The van der Waals surface area contributed by atoms with Gasteiger partial charge in [-0.1, -0.05) is 40.0 Å². The van der Waals surface area contributed by atoms with Gasteiger partial charge in [-0.2, -0.15) is 0 Å². The number of hydrogen-bond donors (Lipinski definition) is 0. The van der Waals surface area contributed by atoms with Crippen molar-refractivity contribution in [3.05, 3.63) is 24.3 Å². The first-order valence-electron chi connectivity index (χ1n) is 6.29. The highest BCUT2D eigenvalue weighted by Gasteiger charge is 2.13. The van der Waals surface area contributed by atoms with E-state index in [1.165, 1.54) is 43.1 Å². The second kappa shape index (κ2) is 5.68. The van der Waals surface area contributed by atoms with E-state index in [1.807, 2.05) is 0 Å². The van der Waals surface area contributed by atoms with Crippen LogP contribution in [0.5, 0.6) is 0 Å². The van der Waals surface area contributed by atoms with Crippen molar-refractivity contribution in [2.45, 2.75) is 37.8 Å². The Morgan fingerprint density at radius 2 is 1.62 bits per heavy atom. The minimum atomic E-state index is 0.971. The summed E-state index contributed by atoms with van der Waals surface area (Å²) in [5, 5.41) is 1.54. The zero-order valence-electron chi connectivity index (χ0n) is 10.4. The first-order chi connectivity index (χ1) is 7.75. The Kier molecular flexibility index (Phi) is 4.23. The van der Waals surface area contributed by atoms with Crippen LogP contribution in [0.15, 0.2) is 24.3 Å². The Morgan fingerprint density at radius 3 is 2.19 bits per heavy atom. The van der Waals surface area contributed by atoms with Crippen molar-refractivity contribution >= 4 is 19.6 Å². The molecule has 0 amide bonds. The lowest BCUT2D eigenvalue weighted by atomic mass is 10.0. The molecular formula is C14H22NP. The average molecular weight is 235 g/mol. The molecule has 0 aromatic heterocycles. The fourth-order valence-corrected chi connectivity index (χ4v) is 3.87. The minimum Gasteiger partial charge on any atom is -0.378 e. The highest BCUT2D eigenvalue weighted by atomic mass is 31.1. The first-order valence-corrected chi connectivity index (χ1v) is 7.37. The third-order valence-electron chi connectivity index (χ3n) is 3.36. The highest BCUT2D eigenvalue weighted by molar-refractivity contribution is 7.48. The molecule has 2 heteroatoms. The van der Waals surface area contributed by atoms with Crippen molar-refractivity contribution in [1.82, 2.24) is 0 Å². The summed E-state index contributed by atoms with van der Waals surface area (Å²) in [6.07, 6.45) is 7.27. The Hall–Kier alpha value is -0.550. The summed E-state index contributed by atoms with van der Waals surface area (Å²) in [7, 11) is 5.22. The second-order valence-corrected chi connectivity index (χ2v) is 6.60. The van der Waals surface area contributed by atoms with Crippen LogP contribution in [-0.2, 0) is 0 Å². The molecule has 1 saturated carbocycles. The molecule has 0 aliphatic heterocycles. The largest absolute Gasteiger partial charge is 0.378 e. The van der Waals surface area contributed by atoms with Gasteiger partial charge in [-0.05, 0) is 35.9 Å². The Balaban J connectivity index is 1.93. The molecular weight excluding hydrogens is 213 g/mol. The van der Waals surface area contributed by atoms with E-state index < -0.39 is 0 Å². The van der Waals surface area contributed by atoms with Crippen molar-refractivity contribution in [3.8, 4) is 0 Å². The van der Waals surface area contributed by atoms with E-state index in [-0.39, 0.29) is 0 Å². The first kappa shape index (κ1) is 11.9. The van der Waals surface area contributed by atoms with Crippen LogP contribution in [0.3, 0.4) is 0 Å². The summed E-state index contributed by atoms with van der Waals surface area (Å²) < 4.78 is 0. The smallest absolute Gasteiger partial charge is 0.0361 e. The molecule has 1 unspecified atom stereocenters. The van der Waals surface area contributed by atoms with E-state index in [2.05, 4.69) is 43.3 Å². The molecule has 0 saturated heterocycles. The van der Waals surface area contributed by atoms with Crippen LogP contribution in [0.2, 0.25) is 0 Å². The lowest BCUT2D eigenvalue weighted by molar-refractivity contribution is 0.514. The van der Waals surface area contributed by atoms with Crippen LogP contribution in [0.4, 0.5) is 5.69 Å². The van der Waals surface area contributed by atoms with Crippen LogP contribution in [0, 0.1) is 0 Å². The molecule has 0 spiro atoms. The van der Waals surface area contributed by atoms with E-state index in [9.17, 15) is 0 Å². The van der Waals surface area contributed by atoms with Crippen LogP contribution in [0.25, 0.3) is 0 Å². The van der Waals surface area contributed by atoms with Crippen LogP contribution in [-0.4, -0.2) is 19.8 Å². The maximum absolute atomic E-state index is 2.31. The molecule has 1 aromatic rings. The van der Waals surface area contributed by atoms with Gasteiger partial charge in [0.25, 0.3) is 0 Å². The SMILES string of the molecule is CN(C)c1ccc(PC2CCCCC2)cc1. The lowest BCUT2D eigenvalue weighted by Crippen LogP contribution is -2.12. The molecule has 1 fully saturated rings. The van der Waals surface area contributed by atoms with E-state index in [0.717, 1.165) is 14.2 Å². The Bertz CT molecular complexity index is 312. The summed E-state index contributed by atoms with van der Waals surface area (Å²) in [4.78, 5) is 2.16. The van der Waals surface area contributed by atoms with Crippen LogP contribution < -0.4 is 10.2 Å². The second-order valence-electron chi connectivity index (χ2n) is 4.92. The quantitative estimate of drug-likeness (QED) is 0.726. The fraction of sp³-hybridized carbons (Fsp3) is 0.571. The van der Waals surface area contributed by atoms with Gasteiger partial charge in [0.15, 0.2) is 0 Å². The number of anilines is 1. The molecule has 1 nitrogen and oxygen atoms in total. The minimum absolute atomic E-state index is 0.971. The molecule has 1 atom stereocenters. The molecule has 1 aromatic carbocycles. The normalized spacial score (nSPS) is 18.1. The van der Waals surface area contributed by atoms with Crippen molar-refractivity contribution < 1.29 is 0 Å². The third-order valence-corrected chi connectivity index (χ3v) is 5.01. The van der Waals surface area contributed by atoms with Crippen LogP contribution in [0.1, 0.15) is 32.1 Å². The number of benzene rings is 1. The van der Waals surface area contributed by atoms with E-state index in [1.54, 1.807) is 0 Å². The number of hydrogen-bond acceptors (Lipinski definition) is 1. The number of rotatable bonds is 3. The highest BCUT2D eigenvalue weighted by Crippen LogP contribution is 2.32. The molecule has 2 rings (SSSR count). The molecule has 0 N–H and O–H groups in total. The van der Waals surface area contributed by atoms with Gasteiger partial charge in [-0.25, -0.2) is 0 Å². The standard InChI is InChI=1S/C14H22NP/c1-15(2)12-8-10-14(11-9-12)16-13-6-4-3-5-7-13/h8-11,13,16H,3-7H2,1-2H3. The summed E-state index contributed by atoms with van der Waals surface area (Å²) in [5.41, 5.74) is 2.27. The maximum Gasteiger partial charge on any atom is 0.0361 e. The van der Waals surface area contributed by atoms with Gasteiger partial charge < -0.3 is 4.90 Å². The summed E-state index contributed by atoms with van der Waals surface area (Å²) in [5.74, 6) is 0. The summed E-state index contributed by atoms with van der Waals surface area (Å²) in [6, 6.07) is 9.10. The van der Waals surface area contributed by atoms with Gasteiger partial charge in [0, 0.05) is 19.8 Å². The Labute approximate surface area is 101 Å². The van der Waals surface area contributed by atoms with E-state index >= 15 is 0 Å². The monoisotopic (exact) mass is 235 g/mol. The van der Waals surface area contributed by atoms with Gasteiger partial charge in [-0.3, -0.25) is 0 Å². The predicted octanol–water partition coefficient (Wildman–Crippen LogP) is 3.39. The topological polar surface area (TPSA) is 3.24 Å². The molecule has 88 valence electrons. The summed E-state index contributed by atoms with van der Waals surface area (Å²) in [6.45, 7) is 0. The zero-order valence-corrected chi connectivity index (χ0v) is 11.4. The average Bonchev–Trinajstić information content (AvgIpc) is 2.31.